The van der Waals surface area contributed by atoms with Crippen LogP contribution >= 0.6 is 11.8 Å². The number of hydrogen-bond donors (Lipinski definition) is 3. The van der Waals surface area contributed by atoms with Gasteiger partial charge in [0.25, 0.3) is 0 Å². The lowest BCUT2D eigenvalue weighted by atomic mass is 10.00. The fraction of sp³-hybridized carbons (Fsp3) is 0.227. The Balaban J connectivity index is 1.18. The molecule has 8 nitrogen and oxygen atoms in total. The van der Waals surface area contributed by atoms with Crippen molar-refractivity contribution in [3.05, 3.63) is 77.9 Å². The summed E-state index contributed by atoms with van der Waals surface area (Å²) in [5, 5.41) is 19.0. The Labute approximate surface area is 188 Å². The van der Waals surface area contributed by atoms with Crippen LogP contribution in [0.15, 0.2) is 66.0 Å². The molecule has 2 aromatic rings. The Hall–Kier alpha value is -3.55. The first kappa shape index (κ1) is 20.4. The maximum absolute atomic E-state index is 13.3. The van der Waals surface area contributed by atoms with Crippen molar-refractivity contribution in [2.75, 3.05) is 11.1 Å². The molecule has 0 aliphatic carbocycles. The highest BCUT2D eigenvalue weighted by Gasteiger charge is 2.44. The van der Waals surface area contributed by atoms with E-state index in [2.05, 4.69) is 32.3 Å². The number of benzene rings is 2. The first-order valence-electron chi connectivity index (χ1n) is 10.1. The van der Waals surface area contributed by atoms with Crippen molar-refractivity contribution in [2.45, 2.75) is 24.7 Å². The van der Waals surface area contributed by atoms with Crippen molar-refractivity contribution in [3.63, 3.8) is 0 Å². The van der Waals surface area contributed by atoms with Crippen molar-refractivity contribution >= 4 is 28.5 Å². The molecule has 5 rings (SSSR count). The van der Waals surface area contributed by atoms with Gasteiger partial charge in [-0.3, -0.25) is 10.2 Å². The molecule has 3 aliphatic heterocycles. The Morgan fingerprint density at radius 1 is 1.28 bits per heavy atom. The molecule has 0 aromatic heterocycles. The zero-order chi connectivity index (χ0) is 22.1. The maximum atomic E-state index is 13.3. The highest BCUT2D eigenvalue weighted by Crippen LogP contribution is 2.35. The zero-order valence-electron chi connectivity index (χ0n) is 16.9. The molecule has 0 spiro atoms. The van der Waals surface area contributed by atoms with Crippen LogP contribution < -0.4 is 16.2 Å². The van der Waals surface area contributed by atoms with Crippen LogP contribution in [0, 0.1) is 17.1 Å². The summed E-state index contributed by atoms with van der Waals surface area (Å²) in [5.41, 5.74) is 8.76. The molecule has 2 aromatic carbocycles. The minimum atomic E-state index is -0.245. The minimum Gasteiger partial charge on any atom is -0.325 e. The third kappa shape index (κ3) is 4.00. The molecule has 3 N–H and O–H groups in total. The lowest BCUT2D eigenvalue weighted by molar-refractivity contribution is -0.113. The van der Waals surface area contributed by atoms with E-state index in [1.165, 1.54) is 23.9 Å². The topological polar surface area (TPSA) is 95.8 Å². The largest absolute Gasteiger partial charge is 0.325 e. The number of amidine groups is 1. The van der Waals surface area contributed by atoms with Gasteiger partial charge in [-0.1, -0.05) is 30.0 Å². The van der Waals surface area contributed by atoms with E-state index in [0.29, 0.717) is 11.3 Å². The fourth-order valence-corrected chi connectivity index (χ4v) is 4.83. The molecule has 3 heterocycles. The van der Waals surface area contributed by atoms with E-state index in [1.54, 1.807) is 36.4 Å². The average Bonchev–Trinajstić information content (AvgIpc) is 3.42. The van der Waals surface area contributed by atoms with E-state index in [0.717, 1.165) is 17.2 Å². The number of nitrogens with zero attached hydrogens (tertiary/aromatic N) is 4. The second-order valence-corrected chi connectivity index (χ2v) is 8.59. The lowest BCUT2D eigenvalue weighted by Crippen LogP contribution is -2.54. The van der Waals surface area contributed by atoms with E-state index >= 15 is 0 Å². The van der Waals surface area contributed by atoms with Gasteiger partial charge in [-0.25, -0.2) is 9.82 Å². The molecule has 3 aliphatic rings. The predicted molar refractivity (Wildman–Crippen MR) is 120 cm³/mol. The first-order valence-corrected chi connectivity index (χ1v) is 11.1. The van der Waals surface area contributed by atoms with Gasteiger partial charge in [-0.15, -0.1) is 0 Å². The molecular formula is C22H20FN7OS. The van der Waals surface area contributed by atoms with Crippen LogP contribution in [0.25, 0.3) is 0 Å². The van der Waals surface area contributed by atoms with Gasteiger partial charge < -0.3 is 15.2 Å². The number of rotatable bonds is 4. The summed E-state index contributed by atoms with van der Waals surface area (Å²) < 4.78 is 13.3. The van der Waals surface area contributed by atoms with Crippen molar-refractivity contribution in [3.8, 4) is 6.07 Å². The molecule has 0 bridgehead atoms. The van der Waals surface area contributed by atoms with Crippen LogP contribution in [0.2, 0.25) is 0 Å². The number of carbonyl (C=O) groups excluding carboxylic acids is 1. The van der Waals surface area contributed by atoms with Gasteiger partial charge in [0.15, 0.2) is 5.17 Å². The molecular weight excluding hydrogens is 429 g/mol. The SMILES string of the molecule is N#Cc1cccc(NC(=O)CSC2=NNC3C4CC(c5ccc(F)cc5)NN4C=CN23)c1. The molecule has 1 fully saturated rings. The number of fused-ring (bicyclic) bond motifs is 3. The van der Waals surface area contributed by atoms with Gasteiger partial charge in [-0.05, 0) is 42.3 Å². The Bertz CT molecular complexity index is 1130. The monoisotopic (exact) mass is 449 g/mol. The molecule has 0 radical (unpaired) electrons. The molecule has 10 heteroatoms. The Morgan fingerprint density at radius 3 is 2.94 bits per heavy atom. The first-order chi connectivity index (χ1) is 15.6. The highest BCUT2D eigenvalue weighted by molar-refractivity contribution is 8.14. The van der Waals surface area contributed by atoms with Gasteiger partial charge in [-0.2, -0.15) is 10.4 Å². The van der Waals surface area contributed by atoms with Gasteiger partial charge in [0.2, 0.25) is 5.91 Å². The molecule has 162 valence electrons. The molecule has 1 amide bonds. The van der Waals surface area contributed by atoms with Crippen LogP contribution in [0.5, 0.6) is 0 Å². The molecule has 3 unspecified atom stereocenters. The predicted octanol–water partition coefficient (Wildman–Crippen LogP) is 2.68. The van der Waals surface area contributed by atoms with Crippen LogP contribution in [-0.4, -0.2) is 38.9 Å². The summed E-state index contributed by atoms with van der Waals surface area (Å²) in [7, 11) is 0. The maximum Gasteiger partial charge on any atom is 0.234 e. The number of halogens is 1. The number of hydrogen-bond acceptors (Lipinski definition) is 8. The second kappa shape index (κ2) is 8.53. The third-order valence-corrected chi connectivity index (χ3v) is 6.55. The number of nitrogens with one attached hydrogen (secondary N) is 3. The minimum absolute atomic E-state index is 0.0594. The van der Waals surface area contributed by atoms with Crippen LogP contribution in [0.1, 0.15) is 23.6 Å². The van der Waals surface area contributed by atoms with E-state index in [-0.39, 0.29) is 35.7 Å². The highest BCUT2D eigenvalue weighted by atomic mass is 32.2. The number of anilines is 1. The number of hydrazine groups is 1. The molecule has 0 saturated carbocycles. The van der Waals surface area contributed by atoms with Gasteiger partial charge >= 0.3 is 0 Å². The number of carbonyl (C=O) groups is 1. The summed E-state index contributed by atoms with van der Waals surface area (Å²) in [6.07, 6.45) is 4.66. The Morgan fingerprint density at radius 2 is 2.12 bits per heavy atom. The van der Waals surface area contributed by atoms with Crippen LogP contribution in [0.4, 0.5) is 10.1 Å². The smallest absolute Gasteiger partial charge is 0.234 e. The summed E-state index contributed by atoms with van der Waals surface area (Å²) in [4.78, 5) is 14.4. The molecule has 1 saturated heterocycles. The van der Waals surface area contributed by atoms with E-state index in [9.17, 15) is 9.18 Å². The number of amides is 1. The summed E-state index contributed by atoms with van der Waals surface area (Å²) >= 11 is 1.34. The summed E-state index contributed by atoms with van der Waals surface area (Å²) in [5.74, 6) is -0.221. The summed E-state index contributed by atoms with van der Waals surface area (Å²) in [6.45, 7) is 0. The number of nitriles is 1. The molecule has 3 atom stereocenters. The third-order valence-electron chi connectivity index (χ3n) is 5.58. The summed E-state index contributed by atoms with van der Waals surface area (Å²) in [6, 6.07) is 15.6. The second-order valence-electron chi connectivity index (χ2n) is 7.65. The van der Waals surface area contributed by atoms with E-state index in [4.69, 9.17) is 5.26 Å². The molecule has 32 heavy (non-hydrogen) atoms. The van der Waals surface area contributed by atoms with Crippen LogP contribution in [0.3, 0.4) is 0 Å². The van der Waals surface area contributed by atoms with Gasteiger partial charge in [0.05, 0.1) is 29.5 Å². The quantitative estimate of drug-likeness (QED) is 0.661. The Kier molecular flexibility index (Phi) is 5.43. The van der Waals surface area contributed by atoms with Gasteiger partial charge in [0.1, 0.15) is 12.0 Å². The standard InChI is InChI=1S/C22H20FN7OS/c23-16-6-4-15(5-7-16)18-11-19-21-26-27-22(29(21)8-9-30(19)28-18)32-13-20(31)25-17-3-1-2-14(10-17)12-24/h1-10,18-19,21,26,28H,11,13H2,(H,25,31). The van der Waals surface area contributed by atoms with Crippen molar-refractivity contribution < 1.29 is 9.18 Å². The van der Waals surface area contributed by atoms with E-state index in [1.807, 2.05) is 17.3 Å². The van der Waals surface area contributed by atoms with Crippen molar-refractivity contribution in [1.29, 1.82) is 5.26 Å². The zero-order valence-corrected chi connectivity index (χ0v) is 17.7. The number of thioether (sulfide) groups is 1. The van der Waals surface area contributed by atoms with Crippen molar-refractivity contribution in [1.82, 2.24) is 20.8 Å². The van der Waals surface area contributed by atoms with E-state index < -0.39 is 0 Å². The normalized spacial score (nSPS) is 23.1. The fourth-order valence-electron chi connectivity index (χ4n) is 4.06. The van der Waals surface area contributed by atoms with Crippen molar-refractivity contribution in [2.24, 2.45) is 5.10 Å². The lowest BCUT2D eigenvalue weighted by Gasteiger charge is -2.36. The number of hydrazone groups is 1. The average molecular weight is 450 g/mol. The van der Waals surface area contributed by atoms with Gasteiger partial charge in [0, 0.05) is 18.1 Å². The van der Waals surface area contributed by atoms with Crippen LogP contribution in [-0.2, 0) is 4.79 Å².